The number of rotatable bonds is 5. The molecular formula is C26H23N3O3. The number of carbonyl (C=O) groups excluding carboxylic acids is 1. The molecule has 3 aromatic carbocycles. The molecule has 4 aromatic rings. The second-order valence-electron chi connectivity index (χ2n) is 7.61. The van der Waals surface area contributed by atoms with Crippen molar-refractivity contribution in [3.8, 4) is 28.4 Å². The summed E-state index contributed by atoms with van der Waals surface area (Å²) in [6, 6.07) is 25.6. The van der Waals surface area contributed by atoms with Crippen molar-refractivity contribution in [3.05, 3.63) is 90.0 Å². The number of hydrogen-bond donors (Lipinski definition) is 1. The molecule has 1 atom stereocenters. The van der Waals surface area contributed by atoms with Gasteiger partial charge in [0.05, 0.1) is 25.6 Å². The van der Waals surface area contributed by atoms with Gasteiger partial charge in [-0.15, -0.1) is 0 Å². The van der Waals surface area contributed by atoms with Crippen LogP contribution in [-0.2, 0) is 4.79 Å². The summed E-state index contributed by atoms with van der Waals surface area (Å²) in [4.78, 5) is 12.9. The molecule has 0 aliphatic carbocycles. The second-order valence-corrected chi connectivity index (χ2v) is 7.61. The van der Waals surface area contributed by atoms with Crippen molar-refractivity contribution in [2.24, 2.45) is 0 Å². The normalized spacial score (nSPS) is 15.1. The highest BCUT2D eigenvalue weighted by molar-refractivity contribution is 5.97. The number of aromatic nitrogens is 2. The topological polar surface area (TPSA) is 65.4 Å². The first-order valence-electron chi connectivity index (χ1n) is 10.5. The maximum Gasteiger partial charge on any atom is 0.226 e. The Hall–Kier alpha value is -4.06. The summed E-state index contributed by atoms with van der Waals surface area (Å²) < 4.78 is 13.1. The summed E-state index contributed by atoms with van der Waals surface area (Å²) in [6.45, 7) is 0. The molecule has 6 nitrogen and oxygen atoms in total. The fraction of sp³-hybridized carbons (Fsp3) is 0.154. The molecule has 1 aliphatic rings. The number of benzene rings is 3. The van der Waals surface area contributed by atoms with E-state index in [4.69, 9.17) is 14.6 Å². The zero-order valence-electron chi connectivity index (χ0n) is 17.9. The average Bonchev–Trinajstić information content (AvgIpc) is 3.23. The molecule has 5 rings (SSSR count). The third kappa shape index (κ3) is 3.30. The van der Waals surface area contributed by atoms with Gasteiger partial charge >= 0.3 is 0 Å². The Morgan fingerprint density at radius 1 is 0.906 bits per heavy atom. The summed E-state index contributed by atoms with van der Waals surface area (Å²) in [5.41, 5.74) is 4.56. The van der Waals surface area contributed by atoms with Crippen LogP contribution in [0.3, 0.4) is 0 Å². The minimum atomic E-state index is -0.239. The minimum Gasteiger partial charge on any atom is -0.493 e. The molecule has 0 saturated heterocycles. The van der Waals surface area contributed by atoms with Gasteiger partial charge in [0.25, 0.3) is 0 Å². The molecule has 1 amide bonds. The van der Waals surface area contributed by atoms with Gasteiger partial charge in [-0.25, -0.2) is 4.68 Å². The van der Waals surface area contributed by atoms with E-state index >= 15 is 0 Å². The van der Waals surface area contributed by atoms with Crippen LogP contribution in [0.2, 0.25) is 0 Å². The number of nitrogens with one attached hydrogen (secondary N) is 1. The van der Waals surface area contributed by atoms with Crippen molar-refractivity contribution < 1.29 is 14.3 Å². The number of ether oxygens (including phenoxy) is 2. The van der Waals surface area contributed by atoms with Gasteiger partial charge < -0.3 is 14.8 Å². The van der Waals surface area contributed by atoms with Crippen LogP contribution in [0.5, 0.6) is 11.5 Å². The predicted octanol–water partition coefficient (Wildman–Crippen LogP) is 5.03. The van der Waals surface area contributed by atoms with E-state index in [9.17, 15) is 4.79 Å². The number of hydrogen-bond acceptors (Lipinski definition) is 4. The fourth-order valence-electron chi connectivity index (χ4n) is 4.37. The number of anilines is 1. The first-order valence-corrected chi connectivity index (χ1v) is 10.5. The standard InChI is InChI=1S/C26H23N3O3/c1-31-21-15-9-14-19(25(21)32-2)20-16-22(30)27-26-23(20)24(17-10-5-3-6-11-17)28-29(26)18-12-7-4-8-13-18/h3-15,20H,16H2,1-2H3,(H,27,30)/t20-/m1/s1. The summed E-state index contributed by atoms with van der Waals surface area (Å²) >= 11 is 0. The zero-order chi connectivity index (χ0) is 22.1. The zero-order valence-corrected chi connectivity index (χ0v) is 17.9. The molecule has 1 aliphatic heterocycles. The second kappa shape index (κ2) is 8.23. The molecular weight excluding hydrogens is 402 g/mol. The SMILES string of the molecule is COc1cccc([C@H]2CC(=O)Nc3c2c(-c2ccccc2)nn3-c2ccccc2)c1OC. The fourth-order valence-corrected chi connectivity index (χ4v) is 4.37. The Morgan fingerprint density at radius 2 is 1.62 bits per heavy atom. The Labute approximate surface area is 186 Å². The largest absolute Gasteiger partial charge is 0.493 e. The lowest BCUT2D eigenvalue weighted by Crippen LogP contribution is -2.25. The van der Waals surface area contributed by atoms with E-state index in [0.29, 0.717) is 17.3 Å². The minimum absolute atomic E-state index is 0.0657. The van der Waals surface area contributed by atoms with Crippen molar-refractivity contribution in [1.29, 1.82) is 0 Å². The molecule has 160 valence electrons. The van der Waals surface area contributed by atoms with E-state index in [1.54, 1.807) is 14.2 Å². The van der Waals surface area contributed by atoms with Gasteiger partial charge in [-0.05, 0) is 18.2 Å². The predicted molar refractivity (Wildman–Crippen MR) is 124 cm³/mol. The van der Waals surface area contributed by atoms with Crippen LogP contribution in [0, 0.1) is 0 Å². The van der Waals surface area contributed by atoms with Crippen LogP contribution in [0.15, 0.2) is 78.9 Å². The number of methoxy groups -OCH3 is 2. The van der Waals surface area contributed by atoms with Crippen LogP contribution in [0.1, 0.15) is 23.5 Å². The van der Waals surface area contributed by atoms with E-state index in [0.717, 1.165) is 28.1 Å². The van der Waals surface area contributed by atoms with Gasteiger partial charge in [0.1, 0.15) is 5.82 Å². The lowest BCUT2D eigenvalue weighted by Gasteiger charge is -2.26. The molecule has 2 heterocycles. The molecule has 32 heavy (non-hydrogen) atoms. The quantitative estimate of drug-likeness (QED) is 0.487. The number of fused-ring (bicyclic) bond motifs is 1. The lowest BCUT2D eigenvalue weighted by atomic mass is 9.83. The van der Waals surface area contributed by atoms with E-state index in [1.807, 2.05) is 83.5 Å². The van der Waals surface area contributed by atoms with Gasteiger partial charge in [-0.2, -0.15) is 5.10 Å². The van der Waals surface area contributed by atoms with E-state index in [1.165, 1.54) is 0 Å². The van der Waals surface area contributed by atoms with E-state index in [-0.39, 0.29) is 18.2 Å². The van der Waals surface area contributed by atoms with Crippen molar-refractivity contribution in [2.75, 3.05) is 19.5 Å². The molecule has 0 fully saturated rings. The van der Waals surface area contributed by atoms with Crippen molar-refractivity contribution in [2.45, 2.75) is 12.3 Å². The van der Waals surface area contributed by atoms with Crippen molar-refractivity contribution in [3.63, 3.8) is 0 Å². The number of amides is 1. The lowest BCUT2D eigenvalue weighted by molar-refractivity contribution is -0.116. The van der Waals surface area contributed by atoms with Crippen LogP contribution < -0.4 is 14.8 Å². The molecule has 0 bridgehead atoms. The highest BCUT2D eigenvalue weighted by atomic mass is 16.5. The summed E-state index contributed by atoms with van der Waals surface area (Å²) in [7, 11) is 3.24. The molecule has 0 radical (unpaired) electrons. The van der Waals surface area contributed by atoms with Crippen molar-refractivity contribution >= 4 is 11.7 Å². The summed E-state index contributed by atoms with van der Waals surface area (Å²) in [6.07, 6.45) is 0.289. The van der Waals surface area contributed by atoms with Crippen LogP contribution in [0.25, 0.3) is 16.9 Å². The summed E-state index contributed by atoms with van der Waals surface area (Å²) in [5.74, 6) is 1.64. The third-order valence-corrected chi connectivity index (χ3v) is 5.77. The van der Waals surface area contributed by atoms with Gasteiger partial charge in [-0.1, -0.05) is 60.7 Å². The molecule has 0 saturated carbocycles. The smallest absolute Gasteiger partial charge is 0.226 e. The Bertz CT molecular complexity index is 1270. The maximum atomic E-state index is 12.9. The molecule has 1 aromatic heterocycles. The number of nitrogens with zero attached hydrogens (tertiary/aromatic N) is 2. The third-order valence-electron chi connectivity index (χ3n) is 5.77. The first kappa shape index (κ1) is 19.9. The number of para-hydroxylation sites is 2. The van der Waals surface area contributed by atoms with E-state index < -0.39 is 0 Å². The Kier molecular flexibility index (Phi) is 5.11. The average molecular weight is 425 g/mol. The monoisotopic (exact) mass is 425 g/mol. The van der Waals surface area contributed by atoms with Crippen molar-refractivity contribution in [1.82, 2.24) is 9.78 Å². The summed E-state index contributed by atoms with van der Waals surface area (Å²) in [5, 5.41) is 8.04. The Balaban J connectivity index is 1.79. The first-order chi connectivity index (χ1) is 15.7. The van der Waals surface area contributed by atoms with Crippen LogP contribution in [0.4, 0.5) is 5.82 Å². The van der Waals surface area contributed by atoms with E-state index in [2.05, 4.69) is 5.32 Å². The van der Waals surface area contributed by atoms with Gasteiger partial charge in [0, 0.05) is 29.0 Å². The Morgan fingerprint density at radius 3 is 2.31 bits per heavy atom. The highest BCUT2D eigenvalue weighted by Gasteiger charge is 2.36. The molecule has 6 heteroatoms. The van der Waals surface area contributed by atoms with Crippen LogP contribution >= 0.6 is 0 Å². The van der Waals surface area contributed by atoms with Gasteiger partial charge in [-0.3, -0.25) is 4.79 Å². The molecule has 0 unspecified atom stereocenters. The molecule has 0 spiro atoms. The van der Waals surface area contributed by atoms with Gasteiger partial charge in [0.15, 0.2) is 11.5 Å². The number of carbonyl (C=O) groups is 1. The van der Waals surface area contributed by atoms with Gasteiger partial charge in [0.2, 0.25) is 5.91 Å². The highest BCUT2D eigenvalue weighted by Crippen LogP contribution is 2.47. The maximum absolute atomic E-state index is 12.9. The van der Waals surface area contributed by atoms with Crippen LogP contribution in [-0.4, -0.2) is 29.9 Å². The molecule has 1 N–H and O–H groups in total.